The predicted octanol–water partition coefficient (Wildman–Crippen LogP) is 2.50. The number of pyridine rings is 2. The first-order valence-electron chi connectivity index (χ1n) is 8.83. The minimum atomic E-state index is -0.181. The zero-order chi connectivity index (χ0) is 20.4. The van der Waals surface area contributed by atoms with Crippen LogP contribution in [0.1, 0.15) is 18.1 Å². The molecule has 0 aliphatic carbocycles. The first-order chi connectivity index (χ1) is 14.0. The van der Waals surface area contributed by atoms with E-state index in [1.165, 1.54) is 6.92 Å². The number of anilines is 1. The Balaban J connectivity index is 1.73. The molecule has 4 aromatic heterocycles. The fourth-order valence-electron chi connectivity index (χ4n) is 2.96. The number of carbonyl (C=O) groups is 1. The molecule has 0 saturated heterocycles. The number of nitrogens with zero attached hydrogens (tertiary/aromatic N) is 5. The van der Waals surface area contributed by atoms with Gasteiger partial charge in [0, 0.05) is 49.3 Å². The maximum atomic E-state index is 11.2. The van der Waals surface area contributed by atoms with E-state index in [1.807, 2.05) is 25.5 Å². The van der Waals surface area contributed by atoms with Crippen LogP contribution in [-0.4, -0.2) is 37.4 Å². The average Bonchev–Trinajstić information content (AvgIpc) is 3.31. The lowest BCUT2D eigenvalue weighted by molar-refractivity contribution is -0.114. The van der Waals surface area contributed by atoms with E-state index in [9.17, 15) is 4.79 Å². The second kappa shape index (κ2) is 7.48. The van der Waals surface area contributed by atoms with Gasteiger partial charge in [-0.25, -0.2) is 9.50 Å². The number of hydrogen-bond acceptors (Lipinski definition) is 5. The number of aromatic nitrogens is 5. The van der Waals surface area contributed by atoms with Gasteiger partial charge in [-0.3, -0.25) is 9.48 Å². The van der Waals surface area contributed by atoms with Crippen molar-refractivity contribution >= 4 is 17.2 Å². The molecule has 0 aliphatic heterocycles. The van der Waals surface area contributed by atoms with E-state index in [1.54, 1.807) is 47.0 Å². The molecule has 0 fully saturated rings. The van der Waals surface area contributed by atoms with Gasteiger partial charge in [-0.2, -0.15) is 10.2 Å². The molecule has 4 aromatic rings. The molecule has 29 heavy (non-hydrogen) atoms. The monoisotopic (exact) mass is 386 g/mol. The highest BCUT2D eigenvalue weighted by Gasteiger charge is 2.12. The number of amides is 1. The molecule has 8 heteroatoms. The van der Waals surface area contributed by atoms with Gasteiger partial charge in [-0.1, -0.05) is 11.8 Å². The van der Waals surface area contributed by atoms with E-state index in [2.05, 4.69) is 32.3 Å². The lowest BCUT2D eigenvalue weighted by Gasteiger charge is -2.06. The molecule has 4 rings (SSSR count). The molecule has 144 valence electrons. The standard InChI is InChI=1S/C21H18N6O2/c1-14(28)25-20-8-15(6-7-22-20)4-5-16-10-24-27-13-17(9-19(29-3)21(16)27)18-11-23-26(2)12-18/h6-13H,1-3H3,(H,22,25,28). The van der Waals surface area contributed by atoms with Crippen molar-refractivity contribution in [2.24, 2.45) is 7.05 Å². The molecule has 0 aromatic carbocycles. The highest BCUT2D eigenvalue weighted by molar-refractivity contribution is 5.87. The van der Waals surface area contributed by atoms with Crippen LogP contribution in [0.2, 0.25) is 0 Å². The Kier molecular flexibility index (Phi) is 4.71. The second-order valence-corrected chi connectivity index (χ2v) is 6.41. The quantitative estimate of drug-likeness (QED) is 0.547. The Labute approximate surface area is 167 Å². The number of carbonyl (C=O) groups excluding carboxylic acids is 1. The van der Waals surface area contributed by atoms with Crippen LogP contribution in [0.25, 0.3) is 16.6 Å². The molecule has 0 atom stereocenters. The topological polar surface area (TPSA) is 86.3 Å². The summed E-state index contributed by atoms with van der Waals surface area (Å²) in [6, 6.07) is 5.44. The zero-order valence-electron chi connectivity index (χ0n) is 16.2. The minimum Gasteiger partial charge on any atom is -0.494 e. The summed E-state index contributed by atoms with van der Waals surface area (Å²) in [6.45, 7) is 1.44. The third-order valence-electron chi connectivity index (χ3n) is 4.24. The summed E-state index contributed by atoms with van der Waals surface area (Å²) in [5.74, 6) is 7.17. The van der Waals surface area contributed by atoms with E-state index < -0.39 is 0 Å². The third kappa shape index (κ3) is 3.80. The van der Waals surface area contributed by atoms with Crippen molar-refractivity contribution in [1.29, 1.82) is 0 Å². The van der Waals surface area contributed by atoms with Crippen molar-refractivity contribution in [2.75, 3.05) is 12.4 Å². The van der Waals surface area contributed by atoms with Crippen LogP contribution in [0, 0.1) is 11.8 Å². The van der Waals surface area contributed by atoms with Gasteiger partial charge in [0.05, 0.1) is 25.1 Å². The number of nitrogens with one attached hydrogen (secondary N) is 1. The highest BCUT2D eigenvalue weighted by atomic mass is 16.5. The first kappa shape index (κ1) is 18.3. The SMILES string of the molecule is COc1cc(-c2cnn(C)c2)cn2ncc(C#Cc3ccnc(NC(C)=O)c3)c12. The van der Waals surface area contributed by atoms with Crippen molar-refractivity contribution in [1.82, 2.24) is 24.4 Å². The Hall–Kier alpha value is -4.12. The third-order valence-corrected chi connectivity index (χ3v) is 4.24. The van der Waals surface area contributed by atoms with Crippen LogP contribution in [0.4, 0.5) is 5.82 Å². The Morgan fingerprint density at radius 3 is 2.72 bits per heavy atom. The number of rotatable bonds is 3. The molecule has 1 amide bonds. The smallest absolute Gasteiger partial charge is 0.222 e. The van der Waals surface area contributed by atoms with Crippen LogP contribution in [0.5, 0.6) is 5.75 Å². The molecule has 8 nitrogen and oxygen atoms in total. The number of methoxy groups -OCH3 is 1. The summed E-state index contributed by atoms with van der Waals surface area (Å²) in [4.78, 5) is 15.3. The summed E-state index contributed by atoms with van der Waals surface area (Å²) in [6.07, 6.45) is 8.95. The van der Waals surface area contributed by atoms with E-state index >= 15 is 0 Å². The molecule has 0 unspecified atom stereocenters. The van der Waals surface area contributed by atoms with E-state index in [-0.39, 0.29) is 5.91 Å². The normalized spacial score (nSPS) is 10.4. The van der Waals surface area contributed by atoms with E-state index in [4.69, 9.17) is 4.74 Å². The van der Waals surface area contributed by atoms with Gasteiger partial charge in [0.25, 0.3) is 0 Å². The summed E-state index contributed by atoms with van der Waals surface area (Å²) in [5.41, 5.74) is 4.16. The van der Waals surface area contributed by atoms with Gasteiger partial charge < -0.3 is 10.1 Å². The van der Waals surface area contributed by atoms with Crippen LogP contribution in [0.3, 0.4) is 0 Å². The van der Waals surface area contributed by atoms with Crippen LogP contribution in [-0.2, 0) is 11.8 Å². The molecule has 4 heterocycles. The predicted molar refractivity (Wildman–Crippen MR) is 108 cm³/mol. The lowest BCUT2D eigenvalue weighted by atomic mass is 10.1. The highest BCUT2D eigenvalue weighted by Crippen LogP contribution is 2.29. The van der Waals surface area contributed by atoms with Crippen molar-refractivity contribution in [3.05, 3.63) is 60.3 Å². The molecular formula is C21H18N6O2. The van der Waals surface area contributed by atoms with Gasteiger partial charge in [-0.05, 0) is 18.2 Å². The molecule has 0 spiro atoms. The Morgan fingerprint density at radius 1 is 1.14 bits per heavy atom. The largest absolute Gasteiger partial charge is 0.494 e. The number of hydrogen-bond donors (Lipinski definition) is 1. The van der Waals surface area contributed by atoms with Crippen molar-refractivity contribution in [3.8, 4) is 28.7 Å². The van der Waals surface area contributed by atoms with Crippen LogP contribution >= 0.6 is 0 Å². The molecular weight excluding hydrogens is 368 g/mol. The summed E-state index contributed by atoms with van der Waals surface area (Å²) >= 11 is 0. The molecule has 0 saturated carbocycles. The Morgan fingerprint density at radius 2 is 2.00 bits per heavy atom. The maximum Gasteiger partial charge on any atom is 0.222 e. The van der Waals surface area contributed by atoms with Crippen molar-refractivity contribution in [3.63, 3.8) is 0 Å². The van der Waals surface area contributed by atoms with E-state index in [0.29, 0.717) is 11.6 Å². The molecule has 1 N–H and O–H groups in total. The van der Waals surface area contributed by atoms with Crippen LogP contribution in [0.15, 0.2) is 49.2 Å². The average molecular weight is 386 g/mol. The van der Waals surface area contributed by atoms with Crippen LogP contribution < -0.4 is 10.1 Å². The molecule has 0 aliphatic rings. The minimum absolute atomic E-state index is 0.181. The Bertz CT molecular complexity index is 1280. The van der Waals surface area contributed by atoms with Gasteiger partial charge in [0.15, 0.2) is 0 Å². The van der Waals surface area contributed by atoms with Crippen molar-refractivity contribution in [2.45, 2.75) is 6.92 Å². The maximum absolute atomic E-state index is 11.2. The summed E-state index contributed by atoms with van der Waals surface area (Å²) < 4.78 is 9.09. The second-order valence-electron chi connectivity index (χ2n) is 6.41. The molecule has 0 bridgehead atoms. The lowest BCUT2D eigenvalue weighted by Crippen LogP contribution is -2.07. The summed E-state index contributed by atoms with van der Waals surface area (Å²) in [7, 11) is 3.49. The number of aryl methyl sites for hydroxylation is 1. The van der Waals surface area contributed by atoms with Gasteiger partial charge in [0.2, 0.25) is 5.91 Å². The number of fused-ring (bicyclic) bond motifs is 1. The van der Waals surface area contributed by atoms with Gasteiger partial charge in [-0.15, -0.1) is 0 Å². The fraction of sp³-hybridized carbons (Fsp3) is 0.143. The first-order valence-corrected chi connectivity index (χ1v) is 8.83. The van der Waals surface area contributed by atoms with Gasteiger partial charge in [0.1, 0.15) is 17.1 Å². The van der Waals surface area contributed by atoms with Crippen molar-refractivity contribution < 1.29 is 9.53 Å². The molecule has 0 radical (unpaired) electrons. The summed E-state index contributed by atoms with van der Waals surface area (Å²) in [5, 5.41) is 11.3. The van der Waals surface area contributed by atoms with Gasteiger partial charge >= 0.3 is 0 Å². The number of ether oxygens (including phenoxy) is 1. The zero-order valence-corrected chi connectivity index (χ0v) is 16.2. The van der Waals surface area contributed by atoms with E-state index in [0.717, 1.165) is 27.8 Å². The fourth-order valence-corrected chi connectivity index (χ4v) is 2.96.